The molecule has 108 valence electrons. The molecule has 1 rings (SSSR count). The maximum Gasteiger partial charge on any atom is 0.389 e. The van der Waals surface area contributed by atoms with Gasteiger partial charge in [-0.15, -0.1) is 0 Å². The summed E-state index contributed by atoms with van der Waals surface area (Å²) in [6.07, 6.45) is 0.596. The van der Waals surface area contributed by atoms with Gasteiger partial charge in [0.25, 0.3) is 0 Å². The minimum Gasteiger partial charge on any atom is -0.487 e. The van der Waals surface area contributed by atoms with E-state index in [-0.39, 0.29) is 18.0 Å². The highest BCUT2D eigenvalue weighted by Crippen LogP contribution is 2.42. The van der Waals surface area contributed by atoms with E-state index in [2.05, 4.69) is 5.32 Å². The van der Waals surface area contributed by atoms with Crippen molar-refractivity contribution in [3.63, 3.8) is 0 Å². The van der Waals surface area contributed by atoms with Crippen LogP contribution in [-0.4, -0.2) is 22.4 Å². The fourth-order valence-electron chi connectivity index (χ4n) is 1.54. The third-order valence-electron chi connectivity index (χ3n) is 2.25. The summed E-state index contributed by atoms with van der Waals surface area (Å²) in [4.78, 5) is 31.3. The Kier molecular flexibility index (Phi) is 4.95. The van der Waals surface area contributed by atoms with Gasteiger partial charge in [-0.3, -0.25) is 25.0 Å². The number of ether oxygens (including phenoxy) is 1. The van der Waals surface area contributed by atoms with E-state index >= 15 is 0 Å². The first-order valence-electron chi connectivity index (χ1n) is 5.74. The molecule has 0 aromatic heterocycles. The van der Waals surface area contributed by atoms with Crippen LogP contribution in [-0.2, 0) is 4.79 Å². The number of hydrogen-bond acceptors (Lipinski definition) is 6. The summed E-state index contributed by atoms with van der Waals surface area (Å²) in [6, 6.07) is 2.43. The van der Waals surface area contributed by atoms with Crippen LogP contribution in [0, 0.1) is 20.2 Å². The van der Waals surface area contributed by atoms with E-state index in [0.29, 0.717) is 6.42 Å². The van der Waals surface area contributed by atoms with E-state index in [1.54, 1.807) is 6.92 Å². The van der Waals surface area contributed by atoms with Gasteiger partial charge in [0.15, 0.2) is 0 Å². The molecule has 0 aliphatic rings. The fourth-order valence-corrected chi connectivity index (χ4v) is 1.54. The molecule has 0 unspecified atom stereocenters. The molecule has 0 fully saturated rings. The summed E-state index contributed by atoms with van der Waals surface area (Å²) in [6.45, 7) is 3.14. The number of anilines is 1. The molecule has 1 aromatic rings. The number of carbonyl (C=O) groups is 1. The highest BCUT2D eigenvalue weighted by molar-refractivity contribution is 5.93. The summed E-state index contributed by atoms with van der Waals surface area (Å²) < 4.78 is 5.14. The summed E-state index contributed by atoms with van der Waals surface area (Å²) in [5, 5.41) is 24.3. The molecule has 0 atom stereocenters. The van der Waals surface area contributed by atoms with Gasteiger partial charge in [-0.2, -0.15) is 0 Å². The number of carbonyl (C=O) groups excluding carboxylic acids is 1. The minimum atomic E-state index is -0.914. The summed E-state index contributed by atoms with van der Waals surface area (Å²) in [5.41, 5.74) is -1.80. The molecule has 9 nitrogen and oxygen atoms in total. The molecule has 0 heterocycles. The topological polar surface area (TPSA) is 125 Å². The average molecular weight is 283 g/mol. The molecule has 0 radical (unpaired) electrons. The summed E-state index contributed by atoms with van der Waals surface area (Å²) in [7, 11) is 0. The number of nitro groups is 2. The lowest BCUT2D eigenvalue weighted by Crippen LogP contribution is -2.10. The van der Waals surface area contributed by atoms with Crippen LogP contribution in [0.4, 0.5) is 17.1 Å². The number of hydrogen-bond donors (Lipinski definition) is 1. The average Bonchev–Trinajstić information content (AvgIpc) is 2.35. The van der Waals surface area contributed by atoms with Gasteiger partial charge in [0.1, 0.15) is 5.69 Å². The first-order valence-corrected chi connectivity index (χ1v) is 5.74. The Balaban J connectivity index is 3.45. The molecule has 0 saturated heterocycles. The second-order valence-electron chi connectivity index (χ2n) is 3.85. The summed E-state index contributed by atoms with van der Waals surface area (Å²) in [5.74, 6) is -0.762. The Bertz CT molecular complexity index is 557. The van der Waals surface area contributed by atoms with E-state index in [0.717, 1.165) is 6.92 Å². The van der Waals surface area contributed by atoms with Crippen molar-refractivity contribution in [2.75, 3.05) is 11.9 Å². The highest BCUT2D eigenvalue weighted by atomic mass is 16.6. The monoisotopic (exact) mass is 283 g/mol. The van der Waals surface area contributed by atoms with Crippen molar-refractivity contribution >= 4 is 23.0 Å². The lowest BCUT2D eigenvalue weighted by atomic mass is 10.2. The standard InChI is InChI=1S/C11H13N3O6/c1-3-6-20-9-5-4-8(12-7(2)15)10(13(16)17)11(9)14(18)19/h4-5H,3,6H2,1-2H3,(H,12,15). The highest BCUT2D eigenvalue weighted by Gasteiger charge is 2.34. The Morgan fingerprint density at radius 1 is 1.25 bits per heavy atom. The Morgan fingerprint density at radius 2 is 1.85 bits per heavy atom. The lowest BCUT2D eigenvalue weighted by molar-refractivity contribution is -0.422. The van der Waals surface area contributed by atoms with Gasteiger partial charge in [-0.05, 0) is 18.6 Å². The normalized spacial score (nSPS) is 9.90. The van der Waals surface area contributed by atoms with Gasteiger partial charge in [0, 0.05) is 6.92 Å². The quantitative estimate of drug-likeness (QED) is 0.630. The maximum absolute atomic E-state index is 11.1. The molecule has 9 heteroatoms. The van der Waals surface area contributed by atoms with E-state index in [1.807, 2.05) is 0 Å². The van der Waals surface area contributed by atoms with Crippen molar-refractivity contribution in [1.82, 2.24) is 0 Å². The first-order chi connectivity index (χ1) is 9.38. The van der Waals surface area contributed by atoms with Crippen LogP contribution in [0.3, 0.4) is 0 Å². The van der Waals surface area contributed by atoms with Crippen molar-refractivity contribution in [2.45, 2.75) is 20.3 Å². The maximum atomic E-state index is 11.1. The fraction of sp³-hybridized carbons (Fsp3) is 0.364. The molecule has 1 amide bonds. The molecule has 0 bridgehead atoms. The van der Waals surface area contributed by atoms with Crippen LogP contribution in [0.5, 0.6) is 5.75 Å². The van der Waals surface area contributed by atoms with E-state index < -0.39 is 27.1 Å². The van der Waals surface area contributed by atoms with Crippen LogP contribution in [0.15, 0.2) is 12.1 Å². The molecule has 0 spiro atoms. The second kappa shape index (κ2) is 6.45. The van der Waals surface area contributed by atoms with Gasteiger partial charge in [0.2, 0.25) is 11.7 Å². The van der Waals surface area contributed by atoms with Crippen LogP contribution in [0.2, 0.25) is 0 Å². The number of benzene rings is 1. The smallest absolute Gasteiger partial charge is 0.389 e. The molecular weight excluding hydrogens is 270 g/mol. The number of rotatable bonds is 6. The Labute approximate surface area is 113 Å². The molecule has 1 aromatic carbocycles. The zero-order valence-corrected chi connectivity index (χ0v) is 10.9. The zero-order valence-electron chi connectivity index (χ0n) is 10.9. The molecular formula is C11H13N3O6. The van der Waals surface area contributed by atoms with E-state index in [1.165, 1.54) is 12.1 Å². The van der Waals surface area contributed by atoms with Gasteiger partial charge >= 0.3 is 11.4 Å². The van der Waals surface area contributed by atoms with Crippen LogP contribution < -0.4 is 10.1 Å². The lowest BCUT2D eigenvalue weighted by Gasteiger charge is -2.08. The van der Waals surface area contributed by atoms with Crippen molar-refractivity contribution in [3.05, 3.63) is 32.4 Å². The predicted octanol–water partition coefficient (Wildman–Crippen LogP) is 2.25. The number of amides is 1. The van der Waals surface area contributed by atoms with Crippen molar-refractivity contribution in [1.29, 1.82) is 0 Å². The largest absolute Gasteiger partial charge is 0.487 e. The molecule has 20 heavy (non-hydrogen) atoms. The van der Waals surface area contributed by atoms with Gasteiger partial charge in [-0.25, -0.2) is 0 Å². The van der Waals surface area contributed by atoms with Gasteiger partial charge < -0.3 is 10.1 Å². The second-order valence-corrected chi connectivity index (χ2v) is 3.85. The van der Waals surface area contributed by atoms with Gasteiger partial charge in [-0.1, -0.05) is 6.92 Å². The van der Waals surface area contributed by atoms with Crippen molar-refractivity contribution in [3.8, 4) is 5.75 Å². The van der Waals surface area contributed by atoms with Crippen LogP contribution in [0.25, 0.3) is 0 Å². The number of nitro benzene ring substituents is 2. The van der Waals surface area contributed by atoms with Crippen LogP contribution >= 0.6 is 0 Å². The van der Waals surface area contributed by atoms with E-state index in [9.17, 15) is 25.0 Å². The first kappa shape index (κ1) is 15.3. The Morgan fingerprint density at radius 3 is 2.30 bits per heavy atom. The van der Waals surface area contributed by atoms with Crippen molar-refractivity contribution < 1.29 is 19.4 Å². The minimum absolute atomic E-state index is 0.192. The van der Waals surface area contributed by atoms with Crippen molar-refractivity contribution in [2.24, 2.45) is 0 Å². The third kappa shape index (κ3) is 3.40. The number of nitrogens with zero attached hydrogens (tertiary/aromatic N) is 2. The summed E-state index contributed by atoms with van der Waals surface area (Å²) >= 11 is 0. The zero-order chi connectivity index (χ0) is 15.3. The number of nitrogens with one attached hydrogen (secondary N) is 1. The van der Waals surface area contributed by atoms with Crippen LogP contribution in [0.1, 0.15) is 20.3 Å². The molecule has 1 N–H and O–H groups in total. The molecule has 0 aliphatic carbocycles. The Hall–Kier alpha value is -2.71. The van der Waals surface area contributed by atoms with E-state index in [4.69, 9.17) is 4.74 Å². The third-order valence-corrected chi connectivity index (χ3v) is 2.25. The SMILES string of the molecule is CCCOc1ccc(NC(C)=O)c([N+](=O)[O-])c1[N+](=O)[O-]. The predicted molar refractivity (Wildman–Crippen MR) is 69.8 cm³/mol. The molecule has 0 aliphatic heterocycles. The molecule has 0 saturated carbocycles. The van der Waals surface area contributed by atoms with Gasteiger partial charge in [0.05, 0.1) is 16.5 Å².